The molecule has 0 aliphatic heterocycles. The van der Waals surface area contributed by atoms with Crippen LogP contribution in [0.3, 0.4) is 0 Å². The maximum absolute atomic E-state index is 3.52. The summed E-state index contributed by atoms with van der Waals surface area (Å²) >= 11 is 3.93. The summed E-state index contributed by atoms with van der Waals surface area (Å²) in [7, 11) is 2.08. The standard InChI is InChI=1S/C16H21NS2/c1-10-8-13(11(2)18-10)16(17-3)15-9-12-6-4-5-7-14(12)19-15/h8-9,16-17H,4-7H2,1-3H3. The Morgan fingerprint density at radius 1 is 1.11 bits per heavy atom. The first-order valence-corrected chi connectivity index (χ1v) is 8.68. The summed E-state index contributed by atoms with van der Waals surface area (Å²) in [5, 5.41) is 3.52. The predicted octanol–water partition coefficient (Wildman–Crippen LogP) is 4.61. The van der Waals surface area contributed by atoms with E-state index in [2.05, 4.69) is 38.3 Å². The smallest absolute Gasteiger partial charge is 0.0679 e. The largest absolute Gasteiger partial charge is 0.309 e. The molecule has 19 heavy (non-hydrogen) atoms. The molecule has 2 heterocycles. The summed E-state index contributed by atoms with van der Waals surface area (Å²) < 4.78 is 0. The lowest BCUT2D eigenvalue weighted by Gasteiger charge is -2.14. The second-order valence-corrected chi connectivity index (χ2v) is 8.02. The highest BCUT2D eigenvalue weighted by Gasteiger charge is 2.21. The van der Waals surface area contributed by atoms with Gasteiger partial charge in [0, 0.05) is 19.5 Å². The van der Waals surface area contributed by atoms with E-state index in [4.69, 9.17) is 0 Å². The first-order valence-electron chi connectivity index (χ1n) is 7.04. The zero-order valence-electron chi connectivity index (χ0n) is 11.9. The lowest BCUT2D eigenvalue weighted by Crippen LogP contribution is -2.16. The summed E-state index contributed by atoms with van der Waals surface area (Å²) in [4.78, 5) is 5.98. The number of rotatable bonds is 3. The maximum Gasteiger partial charge on any atom is 0.0679 e. The molecule has 102 valence electrons. The van der Waals surface area contributed by atoms with Crippen molar-refractivity contribution in [2.75, 3.05) is 7.05 Å². The van der Waals surface area contributed by atoms with E-state index in [1.165, 1.54) is 45.9 Å². The fourth-order valence-corrected chi connectivity index (χ4v) is 5.39. The molecular weight excluding hydrogens is 270 g/mol. The third-order valence-electron chi connectivity index (χ3n) is 3.98. The van der Waals surface area contributed by atoms with Crippen LogP contribution in [0.1, 0.15) is 49.5 Å². The first kappa shape index (κ1) is 13.3. The Labute approximate surface area is 123 Å². The van der Waals surface area contributed by atoms with E-state index >= 15 is 0 Å². The molecule has 1 unspecified atom stereocenters. The van der Waals surface area contributed by atoms with E-state index in [0.29, 0.717) is 6.04 Å². The van der Waals surface area contributed by atoms with Crippen LogP contribution in [0.2, 0.25) is 0 Å². The van der Waals surface area contributed by atoms with Crippen LogP contribution >= 0.6 is 22.7 Å². The molecule has 3 rings (SSSR count). The minimum atomic E-state index is 0.376. The summed E-state index contributed by atoms with van der Waals surface area (Å²) in [5.74, 6) is 0. The number of hydrogen-bond acceptors (Lipinski definition) is 3. The molecule has 1 aliphatic rings. The minimum absolute atomic E-state index is 0.376. The normalized spacial score (nSPS) is 16.4. The zero-order valence-corrected chi connectivity index (χ0v) is 13.5. The molecule has 0 fully saturated rings. The molecule has 1 nitrogen and oxygen atoms in total. The van der Waals surface area contributed by atoms with Crippen LogP contribution in [0, 0.1) is 13.8 Å². The lowest BCUT2D eigenvalue weighted by molar-refractivity contribution is 0.691. The summed E-state index contributed by atoms with van der Waals surface area (Å²) in [6, 6.07) is 5.17. The molecule has 0 amide bonds. The van der Waals surface area contributed by atoms with Crippen LogP contribution in [0.5, 0.6) is 0 Å². The van der Waals surface area contributed by atoms with E-state index in [1.54, 1.807) is 10.4 Å². The van der Waals surface area contributed by atoms with Crippen molar-refractivity contribution in [3.05, 3.63) is 42.8 Å². The summed E-state index contributed by atoms with van der Waals surface area (Å²) in [5.41, 5.74) is 3.07. The number of fused-ring (bicyclic) bond motifs is 1. The van der Waals surface area contributed by atoms with Gasteiger partial charge >= 0.3 is 0 Å². The molecule has 1 atom stereocenters. The van der Waals surface area contributed by atoms with Gasteiger partial charge in [0.1, 0.15) is 0 Å². The maximum atomic E-state index is 3.52. The van der Waals surface area contributed by atoms with Crippen molar-refractivity contribution in [1.29, 1.82) is 0 Å². The van der Waals surface area contributed by atoms with Gasteiger partial charge in [-0.2, -0.15) is 0 Å². The van der Waals surface area contributed by atoms with Crippen molar-refractivity contribution in [2.45, 2.75) is 45.6 Å². The van der Waals surface area contributed by atoms with Gasteiger partial charge in [0.05, 0.1) is 6.04 Å². The van der Waals surface area contributed by atoms with E-state index < -0.39 is 0 Å². The Morgan fingerprint density at radius 2 is 1.89 bits per heavy atom. The van der Waals surface area contributed by atoms with E-state index in [9.17, 15) is 0 Å². The number of thiophene rings is 2. The molecule has 2 aromatic rings. The molecule has 1 N–H and O–H groups in total. The topological polar surface area (TPSA) is 12.0 Å². The number of aryl methyl sites for hydroxylation is 4. The Morgan fingerprint density at radius 3 is 2.53 bits per heavy atom. The van der Waals surface area contributed by atoms with Gasteiger partial charge in [0.25, 0.3) is 0 Å². The molecule has 3 heteroatoms. The SMILES string of the molecule is CNC(c1cc2c(s1)CCCC2)c1cc(C)sc1C. The van der Waals surface area contributed by atoms with Gasteiger partial charge < -0.3 is 5.32 Å². The van der Waals surface area contributed by atoms with Gasteiger partial charge in [0.2, 0.25) is 0 Å². The highest BCUT2D eigenvalue weighted by molar-refractivity contribution is 7.12. The molecule has 0 radical (unpaired) electrons. The van der Waals surface area contributed by atoms with Gasteiger partial charge in [-0.15, -0.1) is 22.7 Å². The fraction of sp³-hybridized carbons (Fsp3) is 0.500. The second-order valence-electron chi connectivity index (χ2n) is 5.39. The lowest BCUT2D eigenvalue weighted by atomic mass is 9.98. The van der Waals surface area contributed by atoms with Gasteiger partial charge in [-0.3, -0.25) is 0 Å². The number of hydrogen-bond donors (Lipinski definition) is 1. The highest BCUT2D eigenvalue weighted by atomic mass is 32.1. The van der Waals surface area contributed by atoms with Crippen LogP contribution in [-0.4, -0.2) is 7.05 Å². The van der Waals surface area contributed by atoms with Crippen LogP contribution in [0.4, 0.5) is 0 Å². The van der Waals surface area contributed by atoms with Crippen molar-refractivity contribution < 1.29 is 0 Å². The highest BCUT2D eigenvalue weighted by Crippen LogP contribution is 2.37. The predicted molar refractivity (Wildman–Crippen MR) is 85.7 cm³/mol. The molecule has 0 saturated carbocycles. The van der Waals surface area contributed by atoms with Crippen LogP contribution in [0.25, 0.3) is 0 Å². The zero-order chi connectivity index (χ0) is 13.4. The molecule has 2 aromatic heterocycles. The third kappa shape index (κ3) is 2.51. The molecule has 0 aromatic carbocycles. The van der Waals surface area contributed by atoms with Crippen molar-refractivity contribution in [2.24, 2.45) is 0 Å². The van der Waals surface area contributed by atoms with E-state index in [-0.39, 0.29) is 0 Å². The quantitative estimate of drug-likeness (QED) is 0.870. The Hall–Kier alpha value is -0.640. The van der Waals surface area contributed by atoms with E-state index in [0.717, 1.165) is 0 Å². The molecule has 1 aliphatic carbocycles. The van der Waals surface area contributed by atoms with Crippen LogP contribution < -0.4 is 5.32 Å². The van der Waals surface area contributed by atoms with Crippen LogP contribution in [0.15, 0.2) is 12.1 Å². The Kier molecular flexibility index (Phi) is 3.79. The number of nitrogens with one attached hydrogen (secondary N) is 1. The van der Waals surface area contributed by atoms with Crippen molar-refractivity contribution in [1.82, 2.24) is 5.32 Å². The fourth-order valence-electron chi connectivity index (χ4n) is 3.04. The van der Waals surface area contributed by atoms with Gasteiger partial charge in [-0.25, -0.2) is 0 Å². The molecule has 0 saturated heterocycles. The minimum Gasteiger partial charge on any atom is -0.309 e. The molecule has 0 spiro atoms. The Balaban J connectivity index is 1.98. The average molecular weight is 291 g/mol. The van der Waals surface area contributed by atoms with Crippen molar-refractivity contribution >= 4 is 22.7 Å². The average Bonchev–Trinajstić information content (AvgIpc) is 2.94. The Bertz CT molecular complexity index is 556. The summed E-state index contributed by atoms with van der Waals surface area (Å²) in [6.07, 6.45) is 5.31. The van der Waals surface area contributed by atoms with Gasteiger partial charge in [-0.1, -0.05) is 0 Å². The molecular formula is C16H21NS2. The van der Waals surface area contributed by atoms with Crippen molar-refractivity contribution in [3.63, 3.8) is 0 Å². The summed E-state index contributed by atoms with van der Waals surface area (Å²) in [6.45, 7) is 4.44. The second kappa shape index (κ2) is 5.39. The van der Waals surface area contributed by atoms with E-state index in [1.807, 2.05) is 22.7 Å². The monoisotopic (exact) mass is 291 g/mol. The molecule has 0 bridgehead atoms. The third-order valence-corrected chi connectivity index (χ3v) is 6.26. The van der Waals surface area contributed by atoms with Gasteiger partial charge in [-0.05, 0) is 69.8 Å². The van der Waals surface area contributed by atoms with Crippen LogP contribution in [-0.2, 0) is 12.8 Å². The van der Waals surface area contributed by atoms with Gasteiger partial charge in [0.15, 0.2) is 0 Å². The first-order chi connectivity index (χ1) is 9.19. The van der Waals surface area contributed by atoms with Crippen molar-refractivity contribution in [3.8, 4) is 0 Å².